The lowest BCUT2D eigenvalue weighted by Gasteiger charge is -2.27. The molecule has 1 aromatic heterocycles. The Balaban J connectivity index is 1.64. The molecule has 1 atom stereocenters. The molecule has 0 amide bonds. The zero-order valence-electron chi connectivity index (χ0n) is 15.7. The van der Waals surface area contributed by atoms with Crippen molar-refractivity contribution in [2.75, 3.05) is 31.2 Å². The van der Waals surface area contributed by atoms with Crippen molar-refractivity contribution in [3.8, 4) is 11.1 Å². The Morgan fingerprint density at radius 1 is 1.11 bits per heavy atom. The fourth-order valence-electron chi connectivity index (χ4n) is 3.43. The van der Waals surface area contributed by atoms with Gasteiger partial charge in [0.1, 0.15) is 5.82 Å². The third-order valence-electron chi connectivity index (χ3n) is 5.08. The van der Waals surface area contributed by atoms with E-state index in [2.05, 4.69) is 9.97 Å². The van der Waals surface area contributed by atoms with Crippen molar-refractivity contribution < 1.29 is 9.13 Å². The van der Waals surface area contributed by atoms with Crippen LogP contribution in [0.15, 0.2) is 59.4 Å². The first-order valence-corrected chi connectivity index (χ1v) is 9.40. The maximum Gasteiger partial charge on any atom is 0.252 e. The minimum Gasteiger partial charge on any atom is -0.378 e. The number of halogens is 1. The van der Waals surface area contributed by atoms with E-state index in [-0.39, 0.29) is 17.3 Å². The Labute approximate surface area is 162 Å². The van der Waals surface area contributed by atoms with Crippen LogP contribution in [0.25, 0.3) is 11.1 Å². The standard InChI is InChI=1S/C22H22FN3O2/c1-15(17-7-8-18(19(23)13-17)16-5-3-2-4-6-16)20-14-21(27)25-22(24-20)26-9-11-28-12-10-26/h2-8,13-15H,9-12H2,1H3,(H,24,25,27). The van der Waals surface area contributed by atoms with E-state index in [1.54, 1.807) is 6.07 Å². The fraction of sp³-hybridized carbons (Fsp3) is 0.273. The molecule has 4 rings (SSSR count). The number of anilines is 1. The molecule has 1 unspecified atom stereocenters. The van der Waals surface area contributed by atoms with Gasteiger partial charge in [-0.3, -0.25) is 9.78 Å². The highest BCUT2D eigenvalue weighted by Crippen LogP contribution is 2.28. The van der Waals surface area contributed by atoms with Crippen molar-refractivity contribution in [1.82, 2.24) is 9.97 Å². The molecule has 3 aromatic rings. The van der Waals surface area contributed by atoms with Crippen molar-refractivity contribution in [3.63, 3.8) is 0 Å². The SMILES string of the molecule is CC(c1ccc(-c2ccccc2)c(F)c1)c1cc(=O)[nH]c(N2CCOCC2)n1. The van der Waals surface area contributed by atoms with Crippen LogP contribution in [0.5, 0.6) is 0 Å². The maximum absolute atomic E-state index is 14.8. The van der Waals surface area contributed by atoms with Gasteiger partial charge in [0.25, 0.3) is 5.56 Å². The summed E-state index contributed by atoms with van der Waals surface area (Å²) in [4.78, 5) is 21.6. The molecule has 1 aliphatic heterocycles. The number of H-pyrrole nitrogens is 1. The molecule has 5 nitrogen and oxygen atoms in total. The zero-order valence-corrected chi connectivity index (χ0v) is 15.7. The van der Waals surface area contributed by atoms with Crippen LogP contribution in [0.2, 0.25) is 0 Å². The molecule has 1 saturated heterocycles. The van der Waals surface area contributed by atoms with Crippen molar-refractivity contribution in [3.05, 3.63) is 82.0 Å². The molecular weight excluding hydrogens is 357 g/mol. The Bertz CT molecular complexity index is 1010. The van der Waals surface area contributed by atoms with Crippen LogP contribution in [-0.2, 0) is 4.74 Å². The van der Waals surface area contributed by atoms with Crippen LogP contribution in [0.1, 0.15) is 24.1 Å². The summed E-state index contributed by atoms with van der Waals surface area (Å²) in [7, 11) is 0. The highest BCUT2D eigenvalue weighted by Gasteiger charge is 2.18. The first-order chi connectivity index (χ1) is 13.6. The number of ether oxygens (including phenoxy) is 1. The number of aromatic nitrogens is 2. The fourth-order valence-corrected chi connectivity index (χ4v) is 3.43. The minimum absolute atomic E-state index is 0.207. The van der Waals surface area contributed by atoms with Crippen LogP contribution in [0.3, 0.4) is 0 Å². The predicted octanol–water partition coefficient (Wildman–Crippen LogP) is 3.56. The smallest absolute Gasteiger partial charge is 0.252 e. The summed E-state index contributed by atoms with van der Waals surface area (Å²) < 4.78 is 20.1. The second kappa shape index (κ2) is 7.94. The molecule has 0 saturated carbocycles. The molecule has 0 radical (unpaired) electrons. The van der Waals surface area contributed by atoms with Crippen molar-refractivity contribution in [2.24, 2.45) is 0 Å². The van der Waals surface area contributed by atoms with Crippen LogP contribution >= 0.6 is 0 Å². The number of hydrogen-bond acceptors (Lipinski definition) is 4. The molecular formula is C22H22FN3O2. The van der Waals surface area contributed by atoms with E-state index in [1.165, 1.54) is 12.1 Å². The van der Waals surface area contributed by atoms with E-state index in [4.69, 9.17) is 4.74 Å². The van der Waals surface area contributed by atoms with Gasteiger partial charge in [0.05, 0.1) is 18.9 Å². The zero-order chi connectivity index (χ0) is 19.5. The van der Waals surface area contributed by atoms with Gasteiger partial charge < -0.3 is 9.64 Å². The van der Waals surface area contributed by atoms with E-state index in [1.807, 2.05) is 48.2 Å². The molecule has 1 fully saturated rings. The van der Waals surface area contributed by atoms with E-state index in [0.717, 1.165) is 11.1 Å². The van der Waals surface area contributed by atoms with Gasteiger partial charge in [-0.1, -0.05) is 49.4 Å². The van der Waals surface area contributed by atoms with Crippen molar-refractivity contribution in [2.45, 2.75) is 12.8 Å². The third-order valence-corrected chi connectivity index (χ3v) is 5.08. The lowest BCUT2D eigenvalue weighted by atomic mass is 9.94. The van der Waals surface area contributed by atoms with E-state index in [0.29, 0.717) is 43.5 Å². The average Bonchev–Trinajstić information content (AvgIpc) is 2.74. The number of morpholine rings is 1. The Kier molecular flexibility index (Phi) is 5.21. The van der Waals surface area contributed by atoms with Crippen LogP contribution in [0.4, 0.5) is 10.3 Å². The Morgan fingerprint density at radius 3 is 2.57 bits per heavy atom. The van der Waals surface area contributed by atoms with Crippen LogP contribution < -0.4 is 10.5 Å². The largest absolute Gasteiger partial charge is 0.378 e. The lowest BCUT2D eigenvalue weighted by Crippen LogP contribution is -2.38. The quantitative estimate of drug-likeness (QED) is 0.753. The summed E-state index contributed by atoms with van der Waals surface area (Å²) in [6.07, 6.45) is 0. The molecule has 2 heterocycles. The normalized spacial score (nSPS) is 15.4. The highest BCUT2D eigenvalue weighted by atomic mass is 19.1. The molecule has 144 valence electrons. The van der Waals surface area contributed by atoms with E-state index < -0.39 is 0 Å². The highest BCUT2D eigenvalue weighted by molar-refractivity contribution is 5.64. The first-order valence-electron chi connectivity index (χ1n) is 9.40. The van der Waals surface area contributed by atoms with Crippen molar-refractivity contribution in [1.29, 1.82) is 0 Å². The molecule has 1 N–H and O–H groups in total. The number of nitrogens with one attached hydrogen (secondary N) is 1. The van der Waals surface area contributed by atoms with E-state index in [9.17, 15) is 9.18 Å². The Morgan fingerprint density at radius 2 is 1.86 bits per heavy atom. The van der Waals surface area contributed by atoms with Crippen LogP contribution in [-0.4, -0.2) is 36.3 Å². The molecule has 1 aliphatic rings. The monoisotopic (exact) mass is 379 g/mol. The first kappa shape index (κ1) is 18.4. The summed E-state index contributed by atoms with van der Waals surface area (Å²) in [5, 5.41) is 0. The molecule has 0 spiro atoms. The summed E-state index contributed by atoms with van der Waals surface area (Å²) in [6, 6.07) is 16.1. The molecule has 0 bridgehead atoms. The number of benzene rings is 2. The molecule has 6 heteroatoms. The topological polar surface area (TPSA) is 58.2 Å². The second-order valence-corrected chi connectivity index (χ2v) is 6.92. The summed E-state index contributed by atoms with van der Waals surface area (Å²) in [5.41, 5.74) is 2.59. The van der Waals surface area contributed by atoms with Gasteiger partial charge in [0.15, 0.2) is 0 Å². The summed E-state index contributed by atoms with van der Waals surface area (Å²) >= 11 is 0. The number of nitrogens with zero attached hydrogens (tertiary/aromatic N) is 2. The average molecular weight is 379 g/mol. The van der Waals surface area contributed by atoms with Crippen molar-refractivity contribution >= 4 is 5.95 Å². The van der Waals surface area contributed by atoms with Crippen LogP contribution in [0, 0.1) is 5.82 Å². The number of rotatable bonds is 4. The van der Waals surface area contributed by atoms with E-state index >= 15 is 0 Å². The van der Waals surface area contributed by atoms with Gasteiger partial charge >= 0.3 is 0 Å². The summed E-state index contributed by atoms with van der Waals surface area (Å²) in [5.74, 6) is 0.0502. The van der Waals surface area contributed by atoms with Gasteiger partial charge in [-0.15, -0.1) is 0 Å². The number of aromatic amines is 1. The predicted molar refractivity (Wildman–Crippen MR) is 107 cm³/mol. The van der Waals surface area contributed by atoms with Gasteiger partial charge in [-0.2, -0.15) is 0 Å². The lowest BCUT2D eigenvalue weighted by molar-refractivity contribution is 0.122. The second-order valence-electron chi connectivity index (χ2n) is 6.92. The molecule has 28 heavy (non-hydrogen) atoms. The Hall–Kier alpha value is -2.99. The maximum atomic E-state index is 14.8. The third kappa shape index (κ3) is 3.82. The minimum atomic E-state index is -0.284. The van der Waals surface area contributed by atoms with Gasteiger partial charge in [-0.05, 0) is 17.2 Å². The van der Waals surface area contributed by atoms with Gasteiger partial charge in [0, 0.05) is 30.6 Å². The van der Waals surface area contributed by atoms with Gasteiger partial charge in [0.2, 0.25) is 5.95 Å². The summed E-state index contributed by atoms with van der Waals surface area (Å²) in [6.45, 7) is 4.51. The number of hydrogen-bond donors (Lipinski definition) is 1. The van der Waals surface area contributed by atoms with Gasteiger partial charge in [-0.25, -0.2) is 9.37 Å². The molecule has 2 aromatic carbocycles. The molecule has 0 aliphatic carbocycles.